The Bertz CT molecular complexity index is 1000. The van der Waals surface area contributed by atoms with E-state index >= 15 is 0 Å². The molecule has 1 heterocycles. The predicted molar refractivity (Wildman–Crippen MR) is 104 cm³/mol. The molecule has 0 saturated carbocycles. The van der Waals surface area contributed by atoms with Crippen LogP contribution in [-0.4, -0.2) is 14.9 Å². The van der Waals surface area contributed by atoms with Gasteiger partial charge in [0.25, 0.3) is 0 Å². The van der Waals surface area contributed by atoms with Gasteiger partial charge in [-0.25, -0.2) is 4.98 Å². The number of ether oxygens (including phenoxy) is 1. The van der Waals surface area contributed by atoms with E-state index in [1.54, 1.807) is 36.4 Å². The van der Waals surface area contributed by atoms with Crippen LogP contribution < -0.4 is 10.1 Å². The summed E-state index contributed by atoms with van der Waals surface area (Å²) < 4.78 is 5.67. The summed E-state index contributed by atoms with van der Waals surface area (Å²) >= 11 is 12.3. The Morgan fingerprint density at radius 2 is 1.78 bits per heavy atom. The van der Waals surface area contributed by atoms with Crippen LogP contribution in [0.5, 0.6) is 11.6 Å². The van der Waals surface area contributed by atoms with Crippen molar-refractivity contribution in [3.63, 3.8) is 0 Å². The first-order valence-corrected chi connectivity index (χ1v) is 8.58. The first kappa shape index (κ1) is 18.9. The number of rotatable bonds is 5. The fraction of sp³-hybridized carbons (Fsp3) is 0.111. The average molecular weight is 405 g/mol. The van der Waals surface area contributed by atoms with Crippen molar-refractivity contribution in [3.8, 4) is 11.6 Å². The molecule has 0 aliphatic rings. The van der Waals surface area contributed by atoms with Crippen molar-refractivity contribution in [2.45, 2.75) is 13.8 Å². The maximum atomic E-state index is 11.6. The molecule has 138 valence electrons. The number of aryl methyl sites for hydroxylation is 2. The van der Waals surface area contributed by atoms with E-state index in [9.17, 15) is 10.1 Å². The highest BCUT2D eigenvalue weighted by molar-refractivity contribution is 6.33. The minimum absolute atomic E-state index is 0.0273. The quantitative estimate of drug-likeness (QED) is 0.423. The second-order valence-corrected chi connectivity index (χ2v) is 6.50. The van der Waals surface area contributed by atoms with Crippen molar-refractivity contribution in [2.24, 2.45) is 0 Å². The van der Waals surface area contributed by atoms with Crippen LogP contribution in [0.25, 0.3) is 0 Å². The minimum atomic E-state index is -0.607. The topological polar surface area (TPSA) is 90.2 Å². The smallest absolute Gasteiger partial charge is 0.373 e. The summed E-state index contributed by atoms with van der Waals surface area (Å²) in [4.78, 5) is 18.9. The van der Waals surface area contributed by atoms with Gasteiger partial charge < -0.3 is 10.1 Å². The summed E-state index contributed by atoms with van der Waals surface area (Å²) in [5, 5.41) is 15.5. The minimum Gasteiger partial charge on any atom is -0.434 e. The van der Waals surface area contributed by atoms with Crippen molar-refractivity contribution in [1.29, 1.82) is 0 Å². The molecule has 0 spiro atoms. The lowest BCUT2D eigenvalue weighted by molar-refractivity contribution is -0.385. The summed E-state index contributed by atoms with van der Waals surface area (Å²) in [6.45, 7) is 3.64. The van der Waals surface area contributed by atoms with Gasteiger partial charge in [0.1, 0.15) is 12.1 Å². The number of para-hydroxylation sites is 1. The highest BCUT2D eigenvalue weighted by Crippen LogP contribution is 2.37. The number of anilines is 2. The van der Waals surface area contributed by atoms with Crippen LogP contribution in [0.2, 0.25) is 10.0 Å². The SMILES string of the molecule is Cc1cc(Oc2ncnc(Nc3ccccc3Cl)c2[N+](=O)[O-])cc(C)c1Cl. The standard InChI is InChI=1S/C18H14Cl2N4O3/c1-10-7-12(8-11(2)15(10)20)27-18-16(24(25)26)17(21-9-22-18)23-14-6-4-3-5-13(14)19/h3-9H,1-2H3,(H,21,22,23). The average Bonchev–Trinajstić information content (AvgIpc) is 2.61. The zero-order valence-electron chi connectivity index (χ0n) is 14.4. The molecule has 27 heavy (non-hydrogen) atoms. The lowest BCUT2D eigenvalue weighted by atomic mass is 10.1. The third-order valence-electron chi connectivity index (χ3n) is 3.72. The maximum Gasteiger partial charge on any atom is 0.373 e. The van der Waals surface area contributed by atoms with E-state index in [1.165, 1.54) is 6.33 Å². The van der Waals surface area contributed by atoms with Gasteiger partial charge in [0.15, 0.2) is 0 Å². The number of aromatic nitrogens is 2. The van der Waals surface area contributed by atoms with Gasteiger partial charge in [0, 0.05) is 5.02 Å². The lowest BCUT2D eigenvalue weighted by Crippen LogP contribution is -2.04. The molecule has 0 fully saturated rings. The Hall–Kier alpha value is -2.90. The molecule has 3 aromatic rings. The van der Waals surface area contributed by atoms with Gasteiger partial charge in [-0.15, -0.1) is 0 Å². The van der Waals surface area contributed by atoms with E-state index in [0.717, 1.165) is 11.1 Å². The van der Waals surface area contributed by atoms with E-state index < -0.39 is 10.6 Å². The van der Waals surface area contributed by atoms with Crippen LogP contribution in [0.3, 0.4) is 0 Å². The fourth-order valence-corrected chi connectivity index (χ4v) is 2.75. The normalized spacial score (nSPS) is 10.5. The van der Waals surface area contributed by atoms with E-state index in [2.05, 4.69) is 15.3 Å². The van der Waals surface area contributed by atoms with E-state index in [-0.39, 0.29) is 11.7 Å². The van der Waals surface area contributed by atoms with E-state index in [0.29, 0.717) is 21.5 Å². The molecule has 9 heteroatoms. The Morgan fingerprint density at radius 1 is 1.11 bits per heavy atom. The molecule has 0 amide bonds. The second-order valence-electron chi connectivity index (χ2n) is 5.71. The zero-order valence-corrected chi connectivity index (χ0v) is 15.9. The van der Waals surface area contributed by atoms with Crippen LogP contribution in [-0.2, 0) is 0 Å². The van der Waals surface area contributed by atoms with Gasteiger partial charge in [-0.05, 0) is 49.2 Å². The van der Waals surface area contributed by atoms with Crippen LogP contribution in [0.1, 0.15) is 11.1 Å². The van der Waals surface area contributed by atoms with Gasteiger partial charge in [-0.2, -0.15) is 4.98 Å². The number of benzene rings is 2. The maximum absolute atomic E-state index is 11.6. The monoisotopic (exact) mass is 404 g/mol. The first-order chi connectivity index (χ1) is 12.9. The molecule has 0 saturated heterocycles. The summed E-state index contributed by atoms with van der Waals surface area (Å²) in [6, 6.07) is 10.2. The molecule has 0 aliphatic carbocycles. The third kappa shape index (κ3) is 4.10. The van der Waals surface area contributed by atoms with Crippen LogP contribution in [0.15, 0.2) is 42.7 Å². The molecular weight excluding hydrogens is 391 g/mol. The Labute approximate surface area is 165 Å². The lowest BCUT2D eigenvalue weighted by Gasteiger charge is -2.11. The number of nitrogens with one attached hydrogen (secondary N) is 1. The highest BCUT2D eigenvalue weighted by Gasteiger charge is 2.26. The second kappa shape index (κ2) is 7.77. The molecule has 7 nitrogen and oxygen atoms in total. The van der Waals surface area contributed by atoms with Gasteiger partial charge in [0.05, 0.1) is 15.6 Å². The molecule has 3 rings (SSSR count). The number of nitro groups is 1. The highest BCUT2D eigenvalue weighted by atomic mass is 35.5. The van der Waals surface area contributed by atoms with Crippen molar-refractivity contribution in [1.82, 2.24) is 9.97 Å². The molecular formula is C18H14Cl2N4O3. The summed E-state index contributed by atoms with van der Waals surface area (Å²) in [5.74, 6) is 0.172. The summed E-state index contributed by atoms with van der Waals surface area (Å²) in [6.07, 6.45) is 1.18. The molecule has 0 bridgehead atoms. The zero-order chi connectivity index (χ0) is 19.6. The van der Waals surface area contributed by atoms with E-state index in [4.69, 9.17) is 27.9 Å². The molecule has 0 unspecified atom stereocenters. The Balaban J connectivity index is 2.02. The van der Waals surface area contributed by atoms with Crippen LogP contribution in [0.4, 0.5) is 17.2 Å². The molecule has 0 radical (unpaired) electrons. The molecule has 1 aromatic heterocycles. The van der Waals surface area contributed by atoms with Gasteiger partial charge in [0.2, 0.25) is 5.82 Å². The Kier molecular flexibility index (Phi) is 5.43. The van der Waals surface area contributed by atoms with Gasteiger partial charge in [-0.1, -0.05) is 35.3 Å². The van der Waals surface area contributed by atoms with E-state index in [1.807, 2.05) is 13.8 Å². The molecule has 0 aliphatic heterocycles. The number of nitrogens with zero attached hydrogens (tertiary/aromatic N) is 3. The summed E-state index contributed by atoms with van der Waals surface area (Å²) in [5.41, 5.74) is 1.66. The fourth-order valence-electron chi connectivity index (χ4n) is 2.46. The van der Waals surface area contributed by atoms with Crippen LogP contribution in [0, 0.1) is 24.0 Å². The first-order valence-electron chi connectivity index (χ1n) is 7.82. The van der Waals surface area contributed by atoms with Crippen LogP contribution >= 0.6 is 23.2 Å². The Morgan fingerprint density at radius 3 is 2.41 bits per heavy atom. The van der Waals surface area contributed by atoms with Gasteiger partial charge in [-0.3, -0.25) is 10.1 Å². The molecule has 2 aromatic carbocycles. The van der Waals surface area contributed by atoms with Gasteiger partial charge >= 0.3 is 11.6 Å². The molecule has 1 N–H and O–H groups in total. The van der Waals surface area contributed by atoms with Crippen molar-refractivity contribution in [2.75, 3.05) is 5.32 Å². The van der Waals surface area contributed by atoms with Crippen molar-refractivity contribution < 1.29 is 9.66 Å². The largest absolute Gasteiger partial charge is 0.434 e. The number of hydrogen-bond donors (Lipinski definition) is 1. The van der Waals surface area contributed by atoms with Crippen molar-refractivity contribution >= 4 is 40.4 Å². The third-order valence-corrected chi connectivity index (χ3v) is 4.65. The predicted octanol–water partition coefficient (Wildman–Crippen LogP) is 5.84. The number of halogens is 2. The molecule has 0 atom stereocenters. The van der Waals surface area contributed by atoms with Crippen molar-refractivity contribution in [3.05, 3.63) is 74.0 Å². The summed E-state index contributed by atoms with van der Waals surface area (Å²) in [7, 11) is 0. The number of hydrogen-bond acceptors (Lipinski definition) is 6.